The van der Waals surface area contributed by atoms with Crippen molar-refractivity contribution in [3.63, 3.8) is 0 Å². The minimum Gasteiger partial charge on any atom is -0.459 e. The molecule has 4 rings (SSSR count). The summed E-state index contributed by atoms with van der Waals surface area (Å²) in [6.07, 6.45) is 1.81. The number of amides is 1. The molecule has 7 heteroatoms. The molecule has 1 aliphatic rings. The van der Waals surface area contributed by atoms with Crippen molar-refractivity contribution in [1.82, 2.24) is 10.1 Å². The number of rotatable bonds is 3. The minimum absolute atomic E-state index is 0.0500. The molecule has 0 spiro atoms. The molecular formula is C16H12FN3O3. The van der Waals surface area contributed by atoms with Crippen LogP contribution in [0.25, 0.3) is 11.7 Å². The highest BCUT2D eigenvalue weighted by atomic mass is 19.1. The molecule has 2 aromatic heterocycles. The van der Waals surface area contributed by atoms with Gasteiger partial charge in [0.25, 0.3) is 5.89 Å². The number of carbonyl (C=O) groups excluding carboxylic acids is 1. The molecule has 0 saturated carbocycles. The monoisotopic (exact) mass is 313 g/mol. The predicted molar refractivity (Wildman–Crippen MR) is 78.1 cm³/mol. The number of hydrogen-bond acceptors (Lipinski definition) is 5. The van der Waals surface area contributed by atoms with Crippen LogP contribution in [0.3, 0.4) is 0 Å². The van der Waals surface area contributed by atoms with Crippen LogP contribution in [-0.2, 0) is 4.79 Å². The average Bonchev–Trinajstić information content (AvgIpc) is 3.27. The molecule has 116 valence electrons. The van der Waals surface area contributed by atoms with E-state index in [1.54, 1.807) is 29.2 Å². The van der Waals surface area contributed by atoms with Gasteiger partial charge in [-0.2, -0.15) is 4.98 Å². The molecule has 1 aromatic carbocycles. The molecule has 1 aliphatic heterocycles. The van der Waals surface area contributed by atoms with Crippen LogP contribution in [0.5, 0.6) is 0 Å². The van der Waals surface area contributed by atoms with Crippen LogP contribution in [0.15, 0.2) is 51.6 Å². The average molecular weight is 313 g/mol. The summed E-state index contributed by atoms with van der Waals surface area (Å²) < 4.78 is 23.4. The van der Waals surface area contributed by atoms with E-state index in [9.17, 15) is 9.18 Å². The number of hydrogen-bond donors (Lipinski definition) is 0. The van der Waals surface area contributed by atoms with Crippen molar-refractivity contribution in [3.8, 4) is 11.7 Å². The van der Waals surface area contributed by atoms with Gasteiger partial charge >= 0.3 is 0 Å². The smallest absolute Gasteiger partial charge is 0.293 e. The highest BCUT2D eigenvalue weighted by Crippen LogP contribution is 2.31. The van der Waals surface area contributed by atoms with Crippen LogP contribution in [0, 0.1) is 5.82 Å². The third-order valence-corrected chi connectivity index (χ3v) is 3.80. The van der Waals surface area contributed by atoms with Gasteiger partial charge in [0.15, 0.2) is 11.6 Å². The fraction of sp³-hybridized carbons (Fsp3) is 0.188. The summed E-state index contributed by atoms with van der Waals surface area (Å²) in [5.74, 6) is 0.694. The summed E-state index contributed by atoms with van der Waals surface area (Å²) >= 11 is 0. The molecule has 6 nitrogen and oxygen atoms in total. The van der Waals surface area contributed by atoms with Crippen LogP contribution in [0.2, 0.25) is 0 Å². The number of benzene rings is 1. The number of anilines is 1. The lowest BCUT2D eigenvalue weighted by atomic mass is 10.1. The second-order valence-electron chi connectivity index (χ2n) is 5.32. The van der Waals surface area contributed by atoms with Crippen molar-refractivity contribution in [2.75, 3.05) is 11.4 Å². The fourth-order valence-electron chi connectivity index (χ4n) is 2.65. The third-order valence-electron chi connectivity index (χ3n) is 3.80. The van der Waals surface area contributed by atoms with Crippen molar-refractivity contribution in [3.05, 3.63) is 54.3 Å². The first-order valence-corrected chi connectivity index (χ1v) is 7.14. The van der Waals surface area contributed by atoms with Crippen LogP contribution >= 0.6 is 0 Å². The van der Waals surface area contributed by atoms with E-state index in [1.165, 1.54) is 18.4 Å². The van der Waals surface area contributed by atoms with Gasteiger partial charge in [-0.05, 0) is 36.4 Å². The lowest BCUT2D eigenvalue weighted by Crippen LogP contribution is -2.24. The van der Waals surface area contributed by atoms with Crippen molar-refractivity contribution in [2.24, 2.45) is 0 Å². The Bertz CT molecular complexity index is 827. The molecule has 1 unspecified atom stereocenters. The lowest BCUT2D eigenvalue weighted by Gasteiger charge is -2.15. The van der Waals surface area contributed by atoms with E-state index in [0.717, 1.165) is 0 Å². The van der Waals surface area contributed by atoms with Crippen LogP contribution < -0.4 is 4.90 Å². The Morgan fingerprint density at radius 2 is 2.04 bits per heavy atom. The van der Waals surface area contributed by atoms with E-state index in [0.29, 0.717) is 23.8 Å². The van der Waals surface area contributed by atoms with Crippen molar-refractivity contribution < 1.29 is 18.1 Å². The first-order valence-electron chi connectivity index (χ1n) is 7.14. The summed E-state index contributed by atoms with van der Waals surface area (Å²) in [6.45, 7) is 0.432. The normalized spacial score (nSPS) is 17.9. The van der Waals surface area contributed by atoms with E-state index in [2.05, 4.69) is 10.1 Å². The van der Waals surface area contributed by atoms with Crippen molar-refractivity contribution >= 4 is 11.6 Å². The third kappa shape index (κ3) is 2.50. The maximum atomic E-state index is 13.0. The summed E-state index contributed by atoms with van der Waals surface area (Å²) in [4.78, 5) is 18.1. The van der Waals surface area contributed by atoms with E-state index < -0.39 is 0 Å². The molecule has 0 aliphatic carbocycles. The van der Waals surface area contributed by atoms with E-state index >= 15 is 0 Å². The Kier molecular flexibility index (Phi) is 3.18. The Balaban J connectivity index is 1.55. The van der Waals surface area contributed by atoms with Gasteiger partial charge in [0.2, 0.25) is 5.91 Å². The molecule has 1 atom stereocenters. The Hall–Kier alpha value is -2.96. The van der Waals surface area contributed by atoms with E-state index in [4.69, 9.17) is 8.94 Å². The van der Waals surface area contributed by atoms with Crippen LogP contribution in [0.4, 0.5) is 10.1 Å². The maximum absolute atomic E-state index is 13.0. The van der Waals surface area contributed by atoms with Gasteiger partial charge in [0, 0.05) is 24.6 Å². The highest BCUT2D eigenvalue weighted by Gasteiger charge is 2.34. The molecule has 0 N–H and O–H groups in total. The van der Waals surface area contributed by atoms with Crippen molar-refractivity contribution in [1.29, 1.82) is 0 Å². The summed E-state index contributed by atoms with van der Waals surface area (Å²) in [7, 11) is 0. The van der Waals surface area contributed by atoms with Gasteiger partial charge in [-0.1, -0.05) is 5.16 Å². The highest BCUT2D eigenvalue weighted by molar-refractivity contribution is 5.96. The maximum Gasteiger partial charge on any atom is 0.293 e. The SMILES string of the molecule is O=C1CC(c2noc(-c3ccco3)n2)CN1c1ccc(F)cc1. The predicted octanol–water partition coefficient (Wildman–Crippen LogP) is 2.99. The number of aromatic nitrogens is 2. The number of furan rings is 1. The number of halogens is 1. The largest absolute Gasteiger partial charge is 0.459 e. The Labute approximate surface area is 130 Å². The van der Waals surface area contributed by atoms with Gasteiger partial charge in [-0.3, -0.25) is 4.79 Å². The van der Waals surface area contributed by atoms with Gasteiger partial charge in [-0.25, -0.2) is 4.39 Å². The molecule has 0 bridgehead atoms. The molecule has 23 heavy (non-hydrogen) atoms. The zero-order valence-electron chi connectivity index (χ0n) is 12.0. The van der Waals surface area contributed by atoms with Gasteiger partial charge in [-0.15, -0.1) is 0 Å². The van der Waals surface area contributed by atoms with Crippen LogP contribution in [0.1, 0.15) is 18.2 Å². The standard InChI is InChI=1S/C16H12FN3O3/c17-11-3-5-12(6-4-11)20-9-10(8-14(20)21)15-18-16(23-19-15)13-2-1-7-22-13/h1-7,10H,8-9H2. The second-order valence-corrected chi connectivity index (χ2v) is 5.32. The Morgan fingerprint density at radius 1 is 1.22 bits per heavy atom. The Morgan fingerprint density at radius 3 is 2.78 bits per heavy atom. The van der Waals surface area contributed by atoms with Gasteiger partial charge in [0.1, 0.15) is 5.82 Å². The zero-order valence-corrected chi connectivity index (χ0v) is 12.0. The fourth-order valence-corrected chi connectivity index (χ4v) is 2.65. The van der Waals surface area contributed by atoms with E-state index in [1.807, 2.05) is 0 Å². The first-order chi connectivity index (χ1) is 11.2. The van der Waals surface area contributed by atoms with E-state index in [-0.39, 0.29) is 30.0 Å². The first kappa shape index (κ1) is 13.7. The number of nitrogens with zero attached hydrogens (tertiary/aromatic N) is 3. The van der Waals surface area contributed by atoms with Gasteiger partial charge < -0.3 is 13.8 Å². The molecule has 3 heterocycles. The lowest BCUT2D eigenvalue weighted by molar-refractivity contribution is -0.117. The summed E-state index contributed by atoms with van der Waals surface area (Å²) in [5, 5.41) is 3.95. The van der Waals surface area contributed by atoms with Crippen molar-refractivity contribution in [2.45, 2.75) is 12.3 Å². The van der Waals surface area contributed by atoms with Crippen LogP contribution in [-0.4, -0.2) is 22.6 Å². The second kappa shape index (κ2) is 5.35. The molecule has 0 radical (unpaired) electrons. The minimum atomic E-state index is -0.335. The molecular weight excluding hydrogens is 301 g/mol. The number of carbonyl (C=O) groups is 1. The topological polar surface area (TPSA) is 72.4 Å². The molecule has 3 aromatic rings. The quantitative estimate of drug-likeness (QED) is 0.743. The molecule has 1 saturated heterocycles. The molecule has 1 fully saturated rings. The summed E-state index contributed by atoms with van der Waals surface area (Å²) in [6, 6.07) is 9.29. The molecule has 1 amide bonds. The zero-order chi connectivity index (χ0) is 15.8. The van der Waals surface area contributed by atoms with Gasteiger partial charge in [0.05, 0.1) is 6.26 Å². The summed E-state index contributed by atoms with van der Waals surface area (Å²) in [5.41, 5.74) is 0.661.